The SMILES string of the molecule is CCN(C(=O)c1nc[nH]c1C(=O)O)C1CCCCC1. The van der Waals surface area contributed by atoms with Crippen molar-refractivity contribution in [2.24, 2.45) is 0 Å². The summed E-state index contributed by atoms with van der Waals surface area (Å²) in [4.78, 5) is 31.6. The first-order valence-corrected chi connectivity index (χ1v) is 6.72. The first-order valence-electron chi connectivity index (χ1n) is 6.72. The van der Waals surface area contributed by atoms with E-state index in [1.54, 1.807) is 4.90 Å². The van der Waals surface area contributed by atoms with Gasteiger partial charge >= 0.3 is 5.97 Å². The number of nitrogens with one attached hydrogen (secondary N) is 1. The average molecular weight is 265 g/mol. The van der Waals surface area contributed by atoms with E-state index in [0.717, 1.165) is 25.7 Å². The van der Waals surface area contributed by atoms with Crippen LogP contribution in [-0.4, -0.2) is 44.4 Å². The summed E-state index contributed by atoms with van der Waals surface area (Å²) in [5.41, 5.74) is -0.112. The number of nitrogens with zero attached hydrogens (tertiary/aromatic N) is 2. The Morgan fingerprint density at radius 2 is 2.11 bits per heavy atom. The van der Waals surface area contributed by atoms with Crippen LogP contribution in [-0.2, 0) is 0 Å². The molecule has 1 aromatic heterocycles. The number of hydrogen-bond donors (Lipinski definition) is 2. The van der Waals surface area contributed by atoms with Gasteiger partial charge in [-0.1, -0.05) is 19.3 Å². The van der Waals surface area contributed by atoms with Gasteiger partial charge in [0.1, 0.15) is 0 Å². The van der Waals surface area contributed by atoms with Crippen LogP contribution in [0.2, 0.25) is 0 Å². The number of aromatic carboxylic acids is 1. The van der Waals surface area contributed by atoms with Gasteiger partial charge in [-0.25, -0.2) is 9.78 Å². The van der Waals surface area contributed by atoms with Crippen molar-refractivity contribution in [1.29, 1.82) is 0 Å². The zero-order chi connectivity index (χ0) is 13.8. The monoisotopic (exact) mass is 265 g/mol. The van der Waals surface area contributed by atoms with E-state index in [4.69, 9.17) is 5.11 Å². The maximum atomic E-state index is 12.4. The van der Waals surface area contributed by atoms with Gasteiger partial charge in [-0.2, -0.15) is 0 Å². The molecule has 0 aromatic carbocycles. The molecule has 0 saturated heterocycles. The summed E-state index contributed by atoms with van der Waals surface area (Å²) in [6.45, 7) is 2.50. The van der Waals surface area contributed by atoms with Gasteiger partial charge in [-0.3, -0.25) is 4.79 Å². The molecule has 104 valence electrons. The summed E-state index contributed by atoms with van der Waals surface area (Å²) in [5, 5.41) is 9.03. The summed E-state index contributed by atoms with van der Waals surface area (Å²) in [5.74, 6) is -1.44. The molecule has 1 amide bonds. The summed E-state index contributed by atoms with van der Waals surface area (Å²) in [6.07, 6.45) is 6.71. The largest absolute Gasteiger partial charge is 0.477 e. The molecule has 0 spiro atoms. The van der Waals surface area contributed by atoms with Gasteiger partial charge in [0.2, 0.25) is 0 Å². The highest BCUT2D eigenvalue weighted by atomic mass is 16.4. The highest BCUT2D eigenvalue weighted by Gasteiger charge is 2.29. The lowest BCUT2D eigenvalue weighted by Crippen LogP contribution is -2.42. The molecule has 0 unspecified atom stereocenters. The van der Waals surface area contributed by atoms with E-state index in [-0.39, 0.29) is 23.3 Å². The molecular formula is C13H19N3O3. The predicted octanol–water partition coefficient (Wildman–Crippen LogP) is 1.90. The third-order valence-corrected chi connectivity index (χ3v) is 3.67. The van der Waals surface area contributed by atoms with Crippen LogP contribution < -0.4 is 0 Å². The quantitative estimate of drug-likeness (QED) is 0.870. The van der Waals surface area contributed by atoms with Crippen LogP contribution in [0.3, 0.4) is 0 Å². The minimum Gasteiger partial charge on any atom is -0.477 e. The Morgan fingerprint density at radius 3 is 2.68 bits per heavy atom. The molecule has 1 fully saturated rings. The fourth-order valence-electron chi connectivity index (χ4n) is 2.72. The van der Waals surface area contributed by atoms with E-state index in [9.17, 15) is 9.59 Å². The zero-order valence-electron chi connectivity index (χ0n) is 11.1. The third kappa shape index (κ3) is 2.77. The normalized spacial score (nSPS) is 16.3. The summed E-state index contributed by atoms with van der Waals surface area (Å²) < 4.78 is 0. The highest BCUT2D eigenvalue weighted by Crippen LogP contribution is 2.24. The number of hydrogen-bond acceptors (Lipinski definition) is 3. The van der Waals surface area contributed by atoms with Crippen molar-refractivity contribution in [1.82, 2.24) is 14.9 Å². The van der Waals surface area contributed by atoms with Crippen LogP contribution in [0.4, 0.5) is 0 Å². The highest BCUT2D eigenvalue weighted by molar-refractivity contribution is 6.02. The van der Waals surface area contributed by atoms with Gasteiger partial charge in [0.15, 0.2) is 11.4 Å². The topological polar surface area (TPSA) is 86.3 Å². The molecule has 1 heterocycles. The van der Waals surface area contributed by atoms with Crippen molar-refractivity contribution in [3.8, 4) is 0 Å². The van der Waals surface area contributed by atoms with Crippen molar-refractivity contribution in [3.05, 3.63) is 17.7 Å². The first kappa shape index (κ1) is 13.6. The Bertz CT molecular complexity index is 463. The third-order valence-electron chi connectivity index (χ3n) is 3.67. The molecular weight excluding hydrogens is 246 g/mol. The number of carbonyl (C=O) groups excluding carboxylic acids is 1. The van der Waals surface area contributed by atoms with E-state index in [0.29, 0.717) is 6.54 Å². The van der Waals surface area contributed by atoms with Crippen LogP contribution in [0, 0.1) is 0 Å². The lowest BCUT2D eigenvalue weighted by molar-refractivity contribution is 0.0616. The van der Waals surface area contributed by atoms with Crippen molar-refractivity contribution in [3.63, 3.8) is 0 Å². The fraction of sp³-hybridized carbons (Fsp3) is 0.615. The number of carboxylic acids is 1. The number of aromatic nitrogens is 2. The van der Waals surface area contributed by atoms with Crippen LogP contribution >= 0.6 is 0 Å². The Kier molecular flexibility index (Phi) is 4.19. The smallest absolute Gasteiger partial charge is 0.354 e. The average Bonchev–Trinajstić information content (AvgIpc) is 2.90. The molecule has 0 aliphatic heterocycles. The van der Waals surface area contributed by atoms with E-state index in [1.807, 2.05) is 6.92 Å². The van der Waals surface area contributed by atoms with E-state index in [2.05, 4.69) is 9.97 Å². The maximum absolute atomic E-state index is 12.4. The van der Waals surface area contributed by atoms with Gasteiger partial charge in [0, 0.05) is 12.6 Å². The predicted molar refractivity (Wildman–Crippen MR) is 69.1 cm³/mol. The van der Waals surface area contributed by atoms with E-state index >= 15 is 0 Å². The molecule has 1 aromatic rings. The number of rotatable bonds is 4. The Morgan fingerprint density at radius 1 is 1.42 bits per heavy atom. The Labute approximate surface area is 111 Å². The number of H-pyrrole nitrogens is 1. The maximum Gasteiger partial charge on any atom is 0.354 e. The second-order valence-electron chi connectivity index (χ2n) is 4.81. The van der Waals surface area contributed by atoms with Crippen LogP contribution in [0.1, 0.15) is 60.0 Å². The Balaban J connectivity index is 2.20. The lowest BCUT2D eigenvalue weighted by Gasteiger charge is -2.33. The number of aromatic amines is 1. The molecule has 0 radical (unpaired) electrons. The van der Waals surface area contributed by atoms with Gasteiger partial charge in [0.05, 0.1) is 6.33 Å². The minimum atomic E-state index is -1.15. The fourth-order valence-corrected chi connectivity index (χ4v) is 2.72. The summed E-state index contributed by atoms with van der Waals surface area (Å²) in [7, 11) is 0. The number of imidazole rings is 1. The van der Waals surface area contributed by atoms with Crippen molar-refractivity contribution < 1.29 is 14.7 Å². The van der Waals surface area contributed by atoms with Crippen molar-refractivity contribution in [2.75, 3.05) is 6.54 Å². The van der Waals surface area contributed by atoms with Crippen LogP contribution in [0.5, 0.6) is 0 Å². The standard InChI is InChI=1S/C13H19N3O3/c1-2-16(9-6-4-3-5-7-9)12(17)10-11(13(18)19)15-8-14-10/h8-9H,2-7H2,1H3,(H,14,15)(H,18,19). The van der Waals surface area contributed by atoms with Gasteiger partial charge in [0.25, 0.3) is 5.91 Å². The first-order chi connectivity index (χ1) is 9.15. The molecule has 6 heteroatoms. The Hall–Kier alpha value is -1.85. The molecule has 19 heavy (non-hydrogen) atoms. The van der Waals surface area contributed by atoms with Gasteiger partial charge in [-0.15, -0.1) is 0 Å². The molecule has 1 aliphatic carbocycles. The molecule has 0 atom stereocenters. The van der Waals surface area contributed by atoms with Gasteiger partial charge in [-0.05, 0) is 19.8 Å². The number of carbonyl (C=O) groups is 2. The van der Waals surface area contributed by atoms with Crippen molar-refractivity contribution >= 4 is 11.9 Å². The molecule has 2 N–H and O–H groups in total. The van der Waals surface area contributed by atoms with Crippen LogP contribution in [0.25, 0.3) is 0 Å². The molecule has 1 aliphatic rings. The van der Waals surface area contributed by atoms with Crippen LogP contribution in [0.15, 0.2) is 6.33 Å². The number of amides is 1. The molecule has 1 saturated carbocycles. The van der Waals surface area contributed by atoms with E-state index < -0.39 is 5.97 Å². The van der Waals surface area contributed by atoms with Crippen molar-refractivity contribution in [2.45, 2.75) is 45.1 Å². The van der Waals surface area contributed by atoms with E-state index in [1.165, 1.54) is 12.7 Å². The molecule has 0 bridgehead atoms. The molecule has 2 rings (SSSR count). The lowest BCUT2D eigenvalue weighted by atomic mass is 9.94. The number of carboxylic acid groups (broad SMARTS) is 1. The second-order valence-corrected chi connectivity index (χ2v) is 4.81. The molecule has 6 nitrogen and oxygen atoms in total. The van der Waals surface area contributed by atoms with Gasteiger partial charge < -0.3 is 15.0 Å². The summed E-state index contributed by atoms with van der Waals surface area (Å²) in [6, 6.07) is 0.213. The summed E-state index contributed by atoms with van der Waals surface area (Å²) >= 11 is 0. The minimum absolute atomic E-state index is 0.0138. The zero-order valence-corrected chi connectivity index (χ0v) is 11.1. The second kappa shape index (κ2) is 5.86.